The summed E-state index contributed by atoms with van der Waals surface area (Å²) in [7, 11) is 0. The monoisotopic (exact) mass is 238 g/mol. The van der Waals surface area contributed by atoms with Gasteiger partial charge >= 0.3 is 5.97 Å². The van der Waals surface area contributed by atoms with Crippen molar-refractivity contribution in [1.82, 2.24) is 0 Å². The second kappa shape index (κ2) is 6.60. The summed E-state index contributed by atoms with van der Waals surface area (Å²) in [5.41, 5.74) is 0.593. The number of likely N-dealkylation sites (tertiary alicyclic amines) is 1. The number of quaternary nitrogens is 1. The highest BCUT2D eigenvalue weighted by Gasteiger charge is 2.31. The molecule has 0 aromatic carbocycles. The summed E-state index contributed by atoms with van der Waals surface area (Å²) in [5.74, 6) is -0.250. The van der Waals surface area contributed by atoms with Crippen molar-refractivity contribution >= 4 is 5.97 Å². The van der Waals surface area contributed by atoms with Gasteiger partial charge in [0.05, 0.1) is 31.8 Å². The number of ether oxygens (including phenoxy) is 1. The molecular weight excluding hydrogens is 214 g/mol. The van der Waals surface area contributed by atoms with Gasteiger partial charge in [0.15, 0.2) is 0 Å². The van der Waals surface area contributed by atoms with E-state index in [2.05, 4.69) is 13.2 Å². The summed E-state index contributed by atoms with van der Waals surface area (Å²) >= 11 is 0. The van der Waals surface area contributed by atoms with Gasteiger partial charge in [0.25, 0.3) is 0 Å². The van der Waals surface area contributed by atoms with E-state index in [1.165, 1.54) is 19.3 Å². The van der Waals surface area contributed by atoms with E-state index in [4.69, 9.17) is 4.74 Å². The number of piperidine rings is 1. The fraction of sp³-hybridized carbons (Fsp3) is 0.643. The van der Waals surface area contributed by atoms with Crippen molar-refractivity contribution in [3.05, 3.63) is 24.8 Å². The Hall–Kier alpha value is -1.09. The summed E-state index contributed by atoms with van der Waals surface area (Å²) < 4.78 is 5.91. The molecule has 1 aliphatic heterocycles. The fourth-order valence-corrected chi connectivity index (χ4v) is 2.56. The zero-order valence-corrected chi connectivity index (χ0v) is 10.9. The van der Waals surface area contributed by atoms with Gasteiger partial charge in [0, 0.05) is 0 Å². The molecule has 0 aliphatic carbocycles. The van der Waals surface area contributed by atoms with Gasteiger partial charge in [-0.15, -0.1) is 0 Å². The van der Waals surface area contributed by atoms with Crippen LogP contribution >= 0.6 is 0 Å². The molecule has 0 atom stereocenters. The van der Waals surface area contributed by atoms with Crippen LogP contribution in [0.15, 0.2) is 24.8 Å². The van der Waals surface area contributed by atoms with E-state index in [0.29, 0.717) is 18.7 Å². The highest BCUT2D eigenvalue weighted by molar-refractivity contribution is 5.87. The van der Waals surface area contributed by atoms with Crippen LogP contribution in [0, 0.1) is 0 Å². The van der Waals surface area contributed by atoms with E-state index >= 15 is 0 Å². The van der Waals surface area contributed by atoms with E-state index in [1.807, 2.05) is 13.0 Å². The Labute approximate surface area is 104 Å². The van der Waals surface area contributed by atoms with Gasteiger partial charge in [-0.05, 0) is 32.3 Å². The summed E-state index contributed by atoms with van der Waals surface area (Å²) in [6, 6.07) is 0. The Bertz CT molecular complexity index is 291. The topological polar surface area (TPSA) is 26.3 Å². The Balaban J connectivity index is 2.62. The quantitative estimate of drug-likeness (QED) is 0.307. The average molecular weight is 238 g/mol. The third-order valence-corrected chi connectivity index (χ3v) is 3.37. The molecule has 1 heterocycles. The van der Waals surface area contributed by atoms with Gasteiger partial charge in [-0.3, -0.25) is 0 Å². The summed E-state index contributed by atoms with van der Waals surface area (Å²) in [4.78, 5) is 11.6. The second-order valence-corrected chi connectivity index (χ2v) is 4.80. The number of hydrogen-bond acceptors (Lipinski definition) is 2. The molecule has 0 saturated carbocycles. The largest absolute Gasteiger partial charge is 0.462 e. The minimum atomic E-state index is -0.250. The van der Waals surface area contributed by atoms with Crippen LogP contribution in [0.4, 0.5) is 0 Å². The van der Waals surface area contributed by atoms with Gasteiger partial charge < -0.3 is 9.22 Å². The minimum absolute atomic E-state index is 0.250. The molecule has 96 valence electrons. The van der Waals surface area contributed by atoms with Gasteiger partial charge in [0.1, 0.15) is 6.54 Å². The van der Waals surface area contributed by atoms with Gasteiger partial charge in [0.2, 0.25) is 0 Å². The first-order valence-electron chi connectivity index (χ1n) is 6.44. The van der Waals surface area contributed by atoms with Gasteiger partial charge in [-0.25, -0.2) is 4.79 Å². The number of nitrogens with zero attached hydrogens (tertiary/aromatic N) is 1. The molecule has 0 amide bonds. The number of esters is 1. The lowest BCUT2D eigenvalue weighted by atomic mass is 10.1. The standard InChI is InChI=1S/C14H24NO2/c1-4-9-15(10-7-6-8-11-15)12-13(3)14(16)17-5-2/h4H,1,3,5-12H2,2H3/q+1. The summed E-state index contributed by atoms with van der Waals surface area (Å²) in [6.45, 7) is 13.8. The van der Waals surface area contributed by atoms with E-state index < -0.39 is 0 Å². The molecule has 0 aromatic rings. The fourth-order valence-electron chi connectivity index (χ4n) is 2.56. The predicted octanol–water partition coefficient (Wildman–Crippen LogP) is 2.29. The number of carbonyl (C=O) groups is 1. The minimum Gasteiger partial charge on any atom is -0.462 e. The molecular formula is C14H24NO2+. The van der Waals surface area contributed by atoms with Gasteiger partial charge in [-0.2, -0.15) is 0 Å². The molecule has 0 N–H and O–H groups in total. The smallest absolute Gasteiger partial charge is 0.339 e. The van der Waals surface area contributed by atoms with Crippen LogP contribution in [-0.4, -0.2) is 43.2 Å². The van der Waals surface area contributed by atoms with Crippen LogP contribution in [0.2, 0.25) is 0 Å². The van der Waals surface area contributed by atoms with Crippen molar-refractivity contribution in [2.75, 3.05) is 32.8 Å². The van der Waals surface area contributed by atoms with Crippen LogP contribution in [0.3, 0.4) is 0 Å². The number of hydrogen-bond donors (Lipinski definition) is 0. The van der Waals surface area contributed by atoms with Gasteiger partial charge in [-0.1, -0.05) is 13.2 Å². The van der Waals surface area contributed by atoms with Crippen molar-refractivity contribution < 1.29 is 14.0 Å². The van der Waals surface area contributed by atoms with E-state index in [1.54, 1.807) is 0 Å². The predicted molar refractivity (Wildman–Crippen MR) is 69.5 cm³/mol. The van der Waals surface area contributed by atoms with E-state index in [0.717, 1.165) is 24.1 Å². The first-order valence-corrected chi connectivity index (χ1v) is 6.44. The maximum Gasteiger partial charge on any atom is 0.339 e. The summed E-state index contributed by atoms with van der Waals surface area (Å²) in [5, 5.41) is 0. The van der Waals surface area contributed by atoms with Crippen molar-refractivity contribution in [3.63, 3.8) is 0 Å². The highest BCUT2D eigenvalue weighted by atomic mass is 16.5. The van der Waals surface area contributed by atoms with Crippen LogP contribution in [-0.2, 0) is 9.53 Å². The lowest BCUT2D eigenvalue weighted by molar-refractivity contribution is -0.922. The maximum atomic E-state index is 11.6. The zero-order chi connectivity index (χ0) is 12.7. The second-order valence-electron chi connectivity index (χ2n) is 4.80. The maximum absolute atomic E-state index is 11.6. The molecule has 0 spiro atoms. The molecule has 1 rings (SSSR count). The molecule has 3 nitrogen and oxygen atoms in total. The molecule has 17 heavy (non-hydrogen) atoms. The molecule has 1 aliphatic rings. The Morgan fingerprint density at radius 2 is 2.00 bits per heavy atom. The van der Waals surface area contributed by atoms with Crippen molar-refractivity contribution in [2.45, 2.75) is 26.2 Å². The Morgan fingerprint density at radius 1 is 1.35 bits per heavy atom. The highest BCUT2D eigenvalue weighted by Crippen LogP contribution is 2.21. The van der Waals surface area contributed by atoms with Crippen molar-refractivity contribution in [2.24, 2.45) is 0 Å². The van der Waals surface area contributed by atoms with Crippen LogP contribution in [0.5, 0.6) is 0 Å². The average Bonchev–Trinajstić information content (AvgIpc) is 2.30. The molecule has 0 unspecified atom stereocenters. The normalized spacial score (nSPS) is 18.4. The molecule has 1 fully saturated rings. The van der Waals surface area contributed by atoms with Crippen LogP contribution in [0.1, 0.15) is 26.2 Å². The lowest BCUT2D eigenvalue weighted by Crippen LogP contribution is -2.53. The molecule has 0 radical (unpaired) electrons. The zero-order valence-electron chi connectivity index (χ0n) is 10.9. The van der Waals surface area contributed by atoms with E-state index in [-0.39, 0.29) is 5.97 Å². The summed E-state index contributed by atoms with van der Waals surface area (Å²) in [6.07, 6.45) is 5.70. The lowest BCUT2D eigenvalue weighted by Gasteiger charge is -2.41. The SMILES string of the molecule is C=CC[N+]1(CC(=C)C(=O)OCC)CCCCC1. The third-order valence-electron chi connectivity index (χ3n) is 3.37. The molecule has 3 heteroatoms. The number of rotatable bonds is 6. The first-order chi connectivity index (χ1) is 8.13. The molecule has 0 aromatic heterocycles. The van der Waals surface area contributed by atoms with Crippen LogP contribution in [0.25, 0.3) is 0 Å². The molecule has 1 saturated heterocycles. The van der Waals surface area contributed by atoms with Crippen LogP contribution < -0.4 is 0 Å². The van der Waals surface area contributed by atoms with Crippen molar-refractivity contribution in [1.29, 1.82) is 0 Å². The van der Waals surface area contributed by atoms with E-state index in [9.17, 15) is 4.79 Å². The molecule has 0 bridgehead atoms. The third kappa shape index (κ3) is 4.00. The van der Waals surface area contributed by atoms with Crippen molar-refractivity contribution in [3.8, 4) is 0 Å². The Morgan fingerprint density at radius 3 is 2.53 bits per heavy atom. The number of carbonyl (C=O) groups excluding carboxylic acids is 1. The Kier molecular flexibility index (Phi) is 5.42. The first kappa shape index (κ1) is 14.0.